The van der Waals surface area contributed by atoms with Crippen molar-refractivity contribution in [3.8, 4) is 0 Å². The number of ether oxygens (including phenoxy) is 1. The van der Waals surface area contributed by atoms with Gasteiger partial charge in [0.05, 0.1) is 5.54 Å². The van der Waals surface area contributed by atoms with Gasteiger partial charge < -0.3 is 19.9 Å². The van der Waals surface area contributed by atoms with E-state index in [2.05, 4.69) is 5.32 Å². The Balaban J connectivity index is 1.78. The van der Waals surface area contributed by atoms with Crippen molar-refractivity contribution < 1.29 is 18.7 Å². The molecule has 1 spiro atoms. The van der Waals surface area contributed by atoms with Crippen LogP contribution in [0.15, 0.2) is 24.3 Å². The molecule has 3 amide bonds. The van der Waals surface area contributed by atoms with E-state index >= 15 is 0 Å². The number of nitrogens with one attached hydrogen (secondary N) is 1. The summed E-state index contributed by atoms with van der Waals surface area (Å²) in [4.78, 5) is 28.4. The third-order valence-corrected chi connectivity index (χ3v) is 5.08. The zero-order chi connectivity index (χ0) is 19.1. The van der Waals surface area contributed by atoms with Crippen molar-refractivity contribution in [2.75, 3.05) is 25.1 Å². The van der Waals surface area contributed by atoms with E-state index in [1.807, 2.05) is 20.8 Å². The molecular weight excluding hydrogens is 337 g/mol. The van der Waals surface area contributed by atoms with Gasteiger partial charge in [-0.2, -0.15) is 0 Å². The number of halogens is 1. The van der Waals surface area contributed by atoms with E-state index in [1.54, 1.807) is 21.9 Å². The number of carbonyl (C=O) groups excluding carboxylic acids is 2. The van der Waals surface area contributed by atoms with Crippen LogP contribution in [0.3, 0.4) is 0 Å². The fourth-order valence-corrected chi connectivity index (χ4v) is 3.92. The van der Waals surface area contributed by atoms with Gasteiger partial charge in [-0.05, 0) is 51.8 Å². The first-order valence-electron chi connectivity index (χ1n) is 8.87. The smallest absolute Gasteiger partial charge is 0.317 e. The van der Waals surface area contributed by atoms with E-state index < -0.39 is 11.6 Å². The van der Waals surface area contributed by atoms with Gasteiger partial charge in [-0.1, -0.05) is 6.07 Å². The molecule has 7 heteroatoms. The molecule has 2 fully saturated rings. The number of anilines is 1. The number of carbonyl (C=O) groups is 2. The molecule has 2 heterocycles. The second-order valence-electron chi connectivity index (χ2n) is 8.04. The summed E-state index contributed by atoms with van der Waals surface area (Å²) in [7, 11) is 1.52. The van der Waals surface area contributed by atoms with Crippen LogP contribution in [-0.2, 0) is 9.53 Å². The number of rotatable bonds is 2. The Morgan fingerprint density at radius 3 is 2.50 bits per heavy atom. The Kier molecular flexibility index (Phi) is 4.69. The molecule has 0 aliphatic carbocycles. The number of likely N-dealkylation sites (tertiary alicyclic amines) is 1. The van der Waals surface area contributed by atoms with E-state index in [0.29, 0.717) is 31.6 Å². The first-order valence-corrected chi connectivity index (χ1v) is 8.87. The Morgan fingerprint density at radius 1 is 1.31 bits per heavy atom. The van der Waals surface area contributed by atoms with Crippen molar-refractivity contribution in [1.82, 2.24) is 10.2 Å². The molecule has 1 unspecified atom stereocenters. The molecule has 1 atom stereocenters. The highest BCUT2D eigenvalue weighted by Crippen LogP contribution is 2.45. The molecule has 142 valence electrons. The lowest BCUT2D eigenvalue weighted by molar-refractivity contribution is -0.150. The maximum atomic E-state index is 13.6. The zero-order valence-electron chi connectivity index (χ0n) is 15.7. The summed E-state index contributed by atoms with van der Waals surface area (Å²) < 4.78 is 19.1. The quantitative estimate of drug-likeness (QED) is 0.822. The number of piperidine rings is 1. The van der Waals surface area contributed by atoms with Crippen LogP contribution in [0, 0.1) is 5.82 Å². The summed E-state index contributed by atoms with van der Waals surface area (Å²) in [5.41, 5.74) is -0.296. The lowest BCUT2D eigenvalue weighted by atomic mass is 9.72. The van der Waals surface area contributed by atoms with Crippen LogP contribution in [0.4, 0.5) is 14.9 Å². The van der Waals surface area contributed by atoms with Crippen LogP contribution < -0.4 is 10.2 Å². The van der Waals surface area contributed by atoms with Gasteiger partial charge in [0.25, 0.3) is 5.91 Å². The first-order chi connectivity index (χ1) is 12.2. The third-order valence-electron chi connectivity index (χ3n) is 5.08. The normalized spacial score (nSPS) is 22.3. The number of nitrogens with zero attached hydrogens (tertiary/aromatic N) is 2. The van der Waals surface area contributed by atoms with E-state index in [9.17, 15) is 14.0 Å². The molecule has 0 bridgehead atoms. The number of benzene rings is 1. The topological polar surface area (TPSA) is 61.9 Å². The second-order valence-corrected chi connectivity index (χ2v) is 8.04. The van der Waals surface area contributed by atoms with Crippen molar-refractivity contribution in [3.05, 3.63) is 30.1 Å². The van der Waals surface area contributed by atoms with Gasteiger partial charge in [-0.15, -0.1) is 0 Å². The molecule has 6 nitrogen and oxygen atoms in total. The third kappa shape index (κ3) is 3.16. The van der Waals surface area contributed by atoms with Crippen molar-refractivity contribution in [1.29, 1.82) is 0 Å². The fraction of sp³-hybridized carbons (Fsp3) is 0.579. The molecule has 26 heavy (non-hydrogen) atoms. The van der Waals surface area contributed by atoms with Crippen molar-refractivity contribution in [3.63, 3.8) is 0 Å². The minimum Gasteiger partial charge on any atom is -0.369 e. The Morgan fingerprint density at radius 2 is 1.96 bits per heavy atom. The standard InChI is InChI=1S/C19H26FN3O3/c1-18(2,3)21-17(25)22-10-8-19(9-11-22)15(26-4)16(24)23(19)14-7-5-6-13(20)12-14/h5-7,12,15H,8-11H2,1-4H3,(H,21,25). The van der Waals surface area contributed by atoms with Crippen molar-refractivity contribution in [2.45, 2.75) is 50.8 Å². The van der Waals surface area contributed by atoms with Crippen molar-refractivity contribution >= 4 is 17.6 Å². The van der Waals surface area contributed by atoms with Crippen LogP contribution in [0.1, 0.15) is 33.6 Å². The number of β-lactam (4-membered cyclic amide) rings is 1. The molecule has 2 saturated heterocycles. The van der Waals surface area contributed by atoms with Gasteiger partial charge in [0.1, 0.15) is 5.82 Å². The summed E-state index contributed by atoms with van der Waals surface area (Å²) >= 11 is 0. The van der Waals surface area contributed by atoms with Gasteiger partial charge in [0, 0.05) is 31.4 Å². The van der Waals surface area contributed by atoms with E-state index in [0.717, 1.165) is 0 Å². The van der Waals surface area contributed by atoms with Gasteiger partial charge in [0.2, 0.25) is 0 Å². The highest BCUT2D eigenvalue weighted by Gasteiger charge is 2.62. The fourth-order valence-electron chi connectivity index (χ4n) is 3.92. The number of amides is 3. The molecule has 1 aromatic rings. The molecule has 1 aromatic carbocycles. The van der Waals surface area contributed by atoms with E-state index in [1.165, 1.54) is 19.2 Å². The molecule has 2 aliphatic rings. The van der Waals surface area contributed by atoms with E-state index in [4.69, 9.17) is 4.74 Å². The highest BCUT2D eigenvalue weighted by atomic mass is 19.1. The summed E-state index contributed by atoms with van der Waals surface area (Å²) in [5.74, 6) is -0.543. The van der Waals surface area contributed by atoms with Crippen molar-refractivity contribution in [2.24, 2.45) is 0 Å². The Hall–Kier alpha value is -2.15. The minimum absolute atomic E-state index is 0.107. The number of methoxy groups -OCH3 is 1. The molecule has 3 rings (SSSR count). The second kappa shape index (κ2) is 6.54. The van der Waals surface area contributed by atoms with Crippen LogP contribution in [0.2, 0.25) is 0 Å². The summed E-state index contributed by atoms with van der Waals surface area (Å²) in [5, 5.41) is 2.96. The molecule has 0 saturated carbocycles. The SMILES string of the molecule is COC1C(=O)N(c2cccc(F)c2)C12CCN(C(=O)NC(C)(C)C)CC2. The molecule has 0 radical (unpaired) electrons. The van der Waals surface area contributed by atoms with Gasteiger partial charge in [0.15, 0.2) is 6.10 Å². The summed E-state index contributed by atoms with van der Waals surface area (Å²) in [6.07, 6.45) is 0.620. The predicted molar refractivity (Wildman–Crippen MR) is 96.5 cm³/mol. The van der Waals surface area contributed by atoms with Crippen LogP contribution >= 0.6 is 0 Å². The highest BCUT2D eigenvalue weighted by molar-refractivity contribution is 6.06. The average molecular weight is 363 g/mol. The van der Waals surface area contributed by atoms with Crippen LogP contribution in [-0.4, -0.2) is 54.2 Å². The van der Waals surface area contributed by atoms with Crippen LogP contribution in [0.5, 0.6) is 0 Å². The lowest BCUT2D eigenvalue weighted by Gasteiger charge is -2.59. The largest absolute Gasteiger partial charge is 0.369 e. The number of urea groups is 1. The maximum Gasteiger partial charge on any atom is 0.317 e. The summed E-state index contributed by atoms with van der Waals surface area (Å²) in [6.45, 7) is 6.84. The average Bonchev–Trinajstić information content (AvgIpc) is 2.54. The molecule has 0 aromatic heterocycles. The Labute approximate surface area is 153 Å². The number of hydrogen-bond donors (Lipinski definition) is 1. The van der Waals surface area contributed by atoms with E-state index in [-0.39, 0.29) is 23.3 Å². The van der Waals surface area contributed by atoms with Gasteiger partial charge in [-0.3, -0.25) is 4.79 Å². The lowest BCUT2D eigenvalue weighted by Crippen LogP contribution is -2.78. The first kappa shape index (κ1) is 18.6. The summed E-state index contributed by atoms with van der Waals surface area (Å²) in [6, 6.07) is 5.94. The van der Waals surface area contributed by atoms with Gasteiger partial charge >= 0.3 is 6.03 Å². The van der Waals surface area contributed by atoms with Crippen LogP contribution in [0.25, 0.3) is 0 Å². The predicted octanol–water partition coefficient (Wildman–Crippen LogP) is 2.53. The number of hydrogen-bond acceptors (Lipinski definition) is 3. The maximum absolute atomic E-state index is 13.6. The Bertz CT molecular complexity index is 708. The zero-order valence-corrected chi connectivity index (χ0v) is 15.7. The molecular formula is C19H26FN3O3. The monoisotopic (exact) mass is 363 g/mol. The molecule has 2 aliphatic heterocycles. The molecule has 1 N–H and O–H groups in total. The van der Waals surface area contributed by atoms with Gasteiger partial charge in [-0.25, -0.2) is 9.18 Å². The minimum atomic E-state index is -0.557.